The van der Waals surface area contributed by atoms with Gasteiger partial charge in [-0.25, -0.2) is 4.39 Å². The van der Waals surface area contributed by atoms with Crippen LogP contribution in [0.5, 0.6) is 5.75 Å². The fraction of sp³-hybridized carbons (Fsp3) is 0.478. The van der Waals surface area contributed by atoms with E-state index < -0.39 is 0 Å². The zero-order valence-corrected chi connectivity index (χ0v) is 16.4. The minimum absolute atomic E-state index is 0.0880. The average Bonchev–Trinajstić information content (AvgIpc) is 2.71. The van der Waals surface area contributed by atoms with Crippen LogP contribution in [-0.2, 0) is 17.7 Å². The SMILES string of the molecule is Cc1ccc2c(c1O)C[C@@H](C1CCN(Cc3cccc(F)c3)CC1)O[C@H]2CN. The van der Waals surface area contributed by atoms with Crippen molar-refractivity contribution in [2.45, 2.75) is 44.9 Å². The smallest absolute Gasteiger partial charge is 0.123 e. The van der Waals surface area contributed by atoms with Gasteiger partial charge >= 0.3 is 0 Å². The third-order valence-electron chi connectivity index (χ3n) is 6.28. The molecule has 4 nitrogen and oxygen atoms in total. The molecule has 0 radical (unpaired) electrons. The summed E-state index contributed by atoms with van der Waals surface area (Å²) in [6, 6.07) is 10.8. The molecule has 150 valence electrons. The average molecular weight is 384 g/mol. The molecule has 0 aromatic heterocycles. The summed E-state index contributed by atoms with van der Waals surface area (Å²) in [5, 5.41) is 10.6. The van der Waals surface area contributed by atoms with Crippen LogP contribution in [0, 0.1) is 18.7 Å². The molecule has 2 heterocycles. The highest BCUT2D eigenvalue weighted by Gasteiger charge is 2.35. The molecular weight excluding hydrogens is 355 g/mol. The second kappa shape index (κ2) is 8.19. The van der Waals surface area contributed by atoms with Crippen LogP contribution in [0.3, 0.4) is 0 Å². The van der Waals surface area contributed by atoms with Gasteiger partial charge in [0.05, 0.1) is 12.2 Å². The molecule has 2 aliphatic heterocycles. The third kappa shape index (κ3) is 3.93. The van der Waals surface area contributed by atoms with Crippen molar-refractivity contribution in [1.29, 1.82) is 0 Å². The van der Waals surface area contributed by atoms with Gasteiger partial charge in [-0.3, -0.25) is 4.90 Å². The molecular formula is C23H29FN2O2. The standard InChI is InChI=1S/C23H29FN2O2/c1-15-5-6-19-20(23(15)27)12-21(28-22(19)13-25)17-7-9-26(10-8-17)14-16-3-2-4-18(24)11-16/h2-6,11,17,21-22,27H,7-10,12-14,25H2,1H3/t21-,22-/m0/s1. The molecule has 0 amide bonds. The van der Waals surface area contributed by atoms with Crippen LogP contribution >= 0.6 is 0 Å². The Balaban J connectivity index is 1.41. The maximum Gasteiger partial charge on any atom is 0.123 e. The number of fused-ring (bicyclic) bond motifs is 1. The van der Waals surface area contributed by atoms with Crippen molar-refractivity contribution >= 4 is 0 Å². The van der Waals surface area contributed by atoms with E-state index in [0.717, 1.165) is 61.2 Å². The Morgan fingerprint density at radius 2 is 2.00 bits per heavy atom. The quantitative estimate of drug-likeness (QED) is 0.844. The number of aromatic hydroxyl groups is 1. The Kier molecular flexibility index (Phi) is 5.67. The topological polar surface area (TPSA) is 58.7 Å². The number of nitrogens with zero attached hydrogens (tertiary/aromatic N) is 1. The Morgan fingerprint density at radius 3 is 2.71 bits per heavy atom. The number of phenols is 1. The number of phenolic OH excluding ortho intramolecular Hbond substituents is 1. The zero-order valence-electron chi connectivity index (χ0n) is 16.4. The molecule has 0 aliphatic carbocycles. The number of benzene rings is 2. The van der Waals surface area contributed by atoms with Gasteiger partial charge in [0.25, 0.3) is 0 Å². The van der Waals surface area contributed by atoms with E-state index in [1.165, 1.54) is 6.07 Å². The molecule has 0 unspecified atom stereocenters. The van der Waals surface area contributed by atoms with E-state index in [9.17, 15) is 9.50 Å². The van der Waals surface area contributed by atoms with Gasteiger partial charge in [0.2, 0.25) is 0 Å². The monoisotopic (exact) mass is 384 g/mol. The van der Waals surface area contributed by atoms with Gasteiger partial charge < -0.3 is 15.6 Å². The van der Waals surface area contributed by atoms with Crippen molar-refractivity contribution in [3.63, 3.8) is 0 Å². The van der Waals surface area contributed by atoms with Crippen LogP contribution in [0.15, 0.2) is 36.4 Å². The van der Waals surface area contributed by atoms with Gasteiger partial charge in [-0.05, 0) is 67.6 Å². The largest absolute Gasteiger partial charge is 0.507 e. The van der Waals surface area contributed by atoms with E-state index in [1.54, 1.807) is 12.1 Å². The first-order chi connectivity index (χ1) is 13.5. The van der Waals surface area contributed by atoms with Gasteiger partial charge in [-0.15, -0.1) is 0 Å². The number of likely N-dealkylation sites (tertiary alicyclic amines) is 1. The maximum atomic E-state index is 13.4. The van der Waals surface area contributed by atoms with E-state index in [0.29, 0.717) is 18.2 Å². The molecule has 28 heavy (non-hydrogen) atoms. The van der Waals surface area contributed by atoms with E-state index in [2.05, 4.69) is 4.90 Å². The van der Waals surface area contributed by atoms with E-state index in [4.69, 9.17) is 10.5 Å². The Bertz CT molecular complexity index is 833. The van der Waals surface area contributed by atoms with Crippen molar-refractivity contribution in [1.82, 2.24) is 4.90 Å². The third-order valence-corrected chi connectivity index (χ3v) is 6.28. The summed E-state index contributed by atoms with van der Waals surface area (Å²) in [5.74, 6) is 0.670. The number of hydrogen-bond donors (Lipinski definition) is 2. The fourth-order valence-corrected chi connectivity index (χ4v) is 4.66. The van der Waals surface area contributed by atoms with Crippen LogP contribution in [0.1, 0.15) is 41.2 Å². The van der Waals surface area contributed by atoms with Gasteiger partial charge in [-0.2, -0.15) is 0 Å². The van der Waals surface area contributed by atoms with Crippen LogP contribution in [0.25, 0.3) is 0 Å². The maximum absolute atomic E-state index is 13.4. The zero-order chi connectivity index (χ0) is 19.7. The number of halogens is 1. The Labute approximate surface area is 166 Å². The molecule has 5 heteroatoms. The number of piperidine rings is 1. The minimum Gasteiger partial charge on any atom is -0.507 e. The van der Waals surface area contributed by atoms with Gasteiger partial charge in [0, 0.05) is 25.1 Å². The molecule has 2 aliphatic rings. The summed E-state index contributed by atoms with van der Waals surface area (Å²) in [6.45, 7) is 5.08. The Morgan fingerprint density at radius 1 is 1.21 bits per heavy atom. The van der Waals surface area contributed by atoms with E-state index in [1.807, 2.05) is 25.1 Å². The molecule has 1 fully saturated rings. The van der Waals surface area contributed by atoms with Gasteiger partial charge in [0.1, 0.15) is 11.6 Å². The minimum atomic E-state index is -0.176. The highest BCUT2D eigenvalue weighted by Crippen LogP contribution is 2.40. The number of nitrogens with two attached hydrogens (primary N) is 1. The van der Waals surface area contributed by atoms with Crippen LogP contribution in [0.4, 0.5) is 4.39 Å². The second-order valence-corrected chi connectivity index (χ2v) is 8.15. The van der Waals surface area contributed by atoms with Crippen molar-refractivity contribution in [3.05, 3.63) is 64.5 Å². The first kappa shape index (κ1) is 19.4. The summed E-state index contributed by atoms with van der Waals surface area (Å²) < 4.78 is 19.8. The van der Waals surface area contributed by atoms with Crippen LogP contribution in [-0.4, -0.2) is 35.7 Å². The molecule has 0 spiro atoms. The molecule has 2 atom stereocenters. The fourth-order valence-electron chi connectivity index (χ4n) is 4.66. The first-order valence-corrected chi connectivity index (χ1v) is 10.2. The van der Waals surface area contributed by atoms with Crippen molar-refractivity contribution < 1.29 is 14.2 Å². The van der Waals surface area contributed by atoms with Crippen molar-refractivity contribution in [2.75, 3.05) is 19.6 Å². The predicted octanol–water partition coefficient (Wildman–Crippen LogP) is 3.69. The van der Waals surface area contributed by atoms with E-state index in [-0.39, 0.29) is 18.0 Å². The number of aryl methyl sites for hydroxylation is 1. The molecule has 0 bridgehead atoms. The summed E-state index contributed by atoms with van der Waals surface area (Å²) in [7, 11) is 0. The second-order valence-electron chi connectivity index (χ2n) is 8.15. The molecule has 1 saturated heterocycles. The summed E-state index contributed by atoms with van der Waals surface area (Å²) in [6.07, 6.45) is 2.77. The first-order valence-electron chi connectivity index (χ1n) is 10.2. The lowest BCUT2D eigenvalue weighted by atomic mass is 9.83. The highest BCUT2D eigenvalue weighted by molar-refractivity contribution is 5.47. The summed E-state index contributed by atoms with van der Waals surface area (Å²) >= 11 is 0. The molecule has 4 rings (SSSR count). The van der Waals surface area contributed by atoms with Crippen molar-refractivity contribution in [2.24, 2.45) is 11.7 Å². The molecule has 3 N–H and O–H groups in total. The summed E-state index contributed by atoms with van der Waals surface area (Å²) in [4.78, 5) is 2.38. The molecule has 0 saturated carbocycles. The lowest BCUT2D eigenvalue weighted by Gasteiger charge is -2.40. The molecule has 2 aromatic carbocycles. The number of rotatable bonds is 4. The van der Waals surface area contributed by atoms with Crippen LogP contribution < -0.4 is 5.73 Å². The summed E-state index contributed by atoms with van der Waals surface area (Å²) in [5.41, 5.74) is 9.93. The number of hydrogen-bond acceptors (Lipinski definition) is 4. The highest BCUT2D eigenvalue weighted by atomic mass is 19.1. The van der Waals surface area contributed by atoms with Gasteiger partial charge in [0.15, 0.2) is 0 Å². The Hall–Kier alpha value is -1.95. The lowest BCUT2D eigenvalue weighted by Crippen LogP contribution is -2.41. The lowest BCUT2D eigenvalue weighted by molar-refractivity contribution is -0.0651. The van der Waals surface area contributed by atoms with Gasteiger partial charge in [-0.1, -0.05) is 24.3 Å². The predicted molar refractivity (Wildman–Crippen MR) is 108 cm³/mol. The van der Waals surface area contributed by atoms with Crippen molar-refractivity contribution in [3.8, 4) is 5.75 Å². The van der Waals surface area contributed by atoms with Crippen LogP contribution in [0.2, 0.25) is 0 Å². The molecule has 2 aromatic rings. The van der Waals surface area contributed by atoms with E-state index >= 15 is 0 Å². The normalized spacial score (nSPS) is 23.5. The number of ether oxygens (including phenoxy) is 1.